The average molecular weight is 359 g/mol. The molecule has 0 amide bonds. The van der Waals surface area contributed by atoms with Crippen LogP contribution in [0.3, 0.4) is 0 Å². The first-order valence-corrected chi connectivity index (χ1v) is 8.45. The molecule has 0 radical (unpaired) electrons. The van der Waals surface area contributed by atoms with Crippen molar-refractivity contribution in [1.82, 2.24) is 9.78 Å². The second-order valence-electron chi connectivity index (χ2n) is 6.03. The third kappa shape index (κ3) is 3.77. The van der Waals surface area contributed by atoms with Crippen molar-refractivity contribution in [1.29, 1.82) is 0 Å². The fourth-order valence-corrected chi connectivity index (χ4v) is 2.71. The Kier molecular flexibility index (Phi) is 4.95. The van der Waals surface area contributed by atoms with E-state index in [2.05, 4.69) is 5.10 Å². The normalized spacial score (nSPS) is 12.4. The van der Waals surface area contributed by atoms with E-state index in [4.69, 9.17) is 20.8 Å². The molecule has 25 heavy (non-hydrogen) atoms. The van der Waals surface area contributed by atoms with Gasteiger partial charge in [0.1, 0.15) is 5.75 Å². The minimum atomic E-state index is -0.560. The van der Waals surface area contributed by atoms with Crippen LogP contribution in [0.2, 0.25) is 5.02 Å². The zero-order valence-electron chi connectivity index (χ0n) is 14.3. The van der Waals surface area contributed by atoms with Crippen molar-refractivity contribution in [2.24, 2.45) is 0 Å². The molecular formula is C19H19ClN2O3. The molecule has 5 nitrogen and oxygen atoms in total. The van der Waals surface area contributed by atoms with Crippen LogP contribution in [-0.4, -0.2) is 15.9 Å². The number of benzene rings is 2. The SMILES string of the molecule is CC(C)Oc1ccc([C@@H](C)c2nn(-c3ccccc3Cl)c(=O)o2)cc1. The lowest BCUT2D eigenvalue weighted by molar-refractivity contribution is 0.242. The molecule has 3 aromatic rings. The summed E-state index contributed by atoms with van der Waals surface area (Å²) in [6.07, 6.45) is 0.118. The smallest absolute Gasteiger partial charge is 0.442 e. The van der Waals surface area contributed by atoms with Crippen LogP contribution in [0.5, 0.6) is 5.75 Å². The van der Waals surface area contributed by atoms with Gasteiger partial charge >= 0.3 is 5.76 Å². The van der Waals surface area contributed by atoms with Gasteiger partial charge in [-0.15, -0.1) is 5.10 Å². The molecule has 0 saturated carbocycles. The Morgan fingerprint density at radius 1 is 1.08 bits per heavy atom. The monoisotopic (exact) mass is 358 g/mol. The molecule has 0 spiro atoms. The van der Waals surface area contributed by atoms with Crippen LogP contribution in [0.15, 0.2) is 57.7 Å². The first-order valence-electron chi connectivity index (χ1n) is 8.07. The van der Waals surface area contributed by atoms with E-state index in [1.54, 1.807) is 24.3 Å². The summed E-state index contributed by atoms with van der Waals surface area (Å²) in [7, 11) is 0. The van der Waals surface area contributed by atoms with Crippen LogP contribution in [0.25, 0.3) is 5.69 Å². The Labute approximate surface area is 150 Å². The largest absolute Gasteiger partial charge is 0.491 e. The molecule has 2 aromatic carbocycles. The van der Waals surface area contributed by atoms with E-state index < -0.39 is 5.76 Å². The summed E-state index contributed by atoms with van der Waals surface area (Å²) in [6, 6.07) is 14.7. The number of aromatic nitrogens is 2. The highest BCUT2D eigenvalue weighted by Crippen LogP contribution is 2.25. The van der Waals surface area contributed by atoms with Crippen LogP contribution in [0.4, 0.5) is 0 Å². The van der Waals surface area contributed by atoms with Gasteiger partial charge in [0.15, 0.2) is 0 Å². The quantitative estimate of drug-likeness (QED) is 0.677. The van der Waals surface area contributed by atoms with Crippen LogP contribution < -0.4 is 10.5 Å². The van der Waals surface area contributed by atoms with Crippen molar-refractivity contribution in [2.45, 2.75) is 32.8 Å². The minimum absolute atomic E-state index is 0.118. The number of nitrogens with zero attached hydrogens (tertiary/aromatic N) is 2. The van der Waals surface area contributed by atoms with E-state index >= 15 is 0 Å². The summed E-state index contributed by atoms with van der Waals surface area (Å²) in [4.78, 5) is 12.2. The van der Waals surface area contributed by atoms with Gasteiger partial charge in [0, 0.05) is 0 Å². The van der Waals surface area contributed by atoms with Crippen LogP contribution in [-0.2, 0) is 0 Å². The highest BCUT2D eigenvalue weighted by Gasteiger charge is 2.19. The molecule has 130 valence electrons. The third-order valence-electron chi connectivity index (χ3n) is 3.77. The summed E-state index contributed by atoms with van der Waals surface area (Å²) in [6.45, 7) is 5.89. The molecule has 0 aliphatic rings. The van der Waals surface area contributed by atoms with Gasteiger partial charge in [-0.25, -0.2) is 4.79 Å². The highest BCUT2D eigenvalue weighted by molar-refractivity contribution is 6.32. The van der Waals surface area contributed by atoms with Crippen molar-refractivity contribution in [3.8, 4) is 11.4 Å². The molecule has 1 aromatic heterocycles. The van der Waals surface area contributed by atoms with E-state index in [0.717, 1.165) is 11.3 Å². The summed E-state index contributed by atoms with van der Waals surface area (Å²) in [5.74, 6) is 0.399. The average Bonchev–Trinajstić information content (AvgIpc) is 2.96. The molecule has 1 heterocycles. The van der Waals surface area contributed by atoms with Gasteiger partial charge in [-0.3, -0.25) is 0 Å². The maximum absolute atomic E-state index is 12.2. The first-order chi connectivity index (χ1) is 12.0. The Hall–Kier alpha value is -2.53. The maximum Gasteiger partial charge on any atom is 0.442 e. The van der Waals surface area contributed by atoms with E-state index in [9.17, 15) is 4.79 Å². The number of para-hydroxylation sites is 1. The molecular weight excluding hydrogens is 340 g/mol. The van der Waals surface area contributed by atoms with Crippen LogP contribution in [0, 0.1) is 0 Å². The molecule has 0 N–H and O–H groups in total. The molecule has 0 saturated heterocycles. The Morgan fingerprint density at radius 2 is 1.76 bits per heavy atom. The maximum atomic E-state index is 12.2. The van der Waals surface area contributed by atoms with Gasteiger partial charge in [0.05, 0.1) is 22.7 Å². The summed E-state index contributed by atoms with van der Waals surface area (Å²) in [5.41, 5.74) is 1.47. The topological polar surface area (TPSA) is 57.3 Å². The Morgan fingerprint density at radius 3 is 2.40 bits per heavy atom. The number of ether oxygens (including phenoxy) is 1. The Bertz CT molecular complexity index is 913. The molecule has 0 unspecified atom stereocenters. The molecule has 1 atom stereocenters. The predicted octanol–water partition coefficient (Wildman–Crippen LogP) is 4.42. The van der Waals surface area contributed by atoms with E-state index in [0.29, 0.717) is 16.6 Å². The van der Waals surface area contributed by atoms with Gasteiger partial charge in [0.25, 0.3) is 0 Å². The van der Waals surface area contributed by atoms with Gasteiger partial charge in [-0.1, -0.05) is 35.9 Å². The standard InChI is InChI=1S/C19H19ClN2O3/c1-12(2)24-15-10-8-14(9-11-15)13(3)18-21-22(19(23)25-18)17-7-5-4-6-16(17)20/h4-13H,1-3H3/t13-/m1/s1. The molecule has 0 aliphatic carbocycles. The zero-order valence-corrected chi connectivity index (χ0v) is 15.0. The summed E-state index contributed by atoms with van der Waals surface area (Å²) >= 11 is 6.14. The number of rotatable bonds is 5. The fraction of sp³-hybridized carbons (Fsp3) is 0.263. The highest BCUT2D eigenvalue weighted by atomic mass is 35.5. The minimum Gasteiger partial charge on any atom is -0.491 e. The van der Waals surface area contributed by atoms with Gasteiger partial charge < -0.3 is 9.15 Å². The van der Waals surface area contributed by atoms with Gasteiger partial charge in [0.2, 0.25) is 5.89 Å². The zero-order chi connectivity index (χ0) is 18.0. The van der Waals surface area contributed by atoms with Gasteiger partial charge in [-0.2, -0.15) is 4.68 Å². The van der Waals surface area contributed by atoms with E-state index in [1.807, 2.05) is 45.0 Å². The van der Waals surface area contributed by atoms with Gasteiger partial charge in [-0.05, 0) is 50.6 Å². The molecule has 6 heteroatoms. The number of hydrogen-bond donors (Lipinski definition) is 0. The van der Waals surface area contributed by atoms with Crippen molar-refractivity contribution >= 4 is 11.6 Å². The molecule has 0 aliphatic heterocycles. The summed E-state index contributed by atoms with van der Waals surface area (Å²) < 4.78 is 12.2. The van der Waals surface area contributed by atoms with Crippen molar-refractivity contribution in [2.75, 3.05) is 0 Å². The summed E-state index contributed by atoms with van der Waals surface area (Å²) in [5, 5.41) is 4.75. The molecule has 0 fully saturated rings. The predicted molar refractivity (Wildman–Crippen MR) is 96.8 cm³/mol. The van der Waals surface area contributed by atoms with Crippen molar-refractivity contribution in [3.63, 3.8) is 0 Å². The Balaban J connectivity index is 1.89. The van der Waals surface area contributed by atoms with Crippen LogP contribution in [0.1, 0.15) is 38.1 Å². The van der Waals surface area contributed by atoms with Crippen molar-refractivity contribution < 1.29 is 9.15 Å². The fourth-order valence-electron chi connectivity index (χ4n) is 2.49. The molecule has 3 rings (SSSR count). The second-order valence-corrected chi connectivity index (χ2v) is 6.43. The lowest BCUT2D eigenvalue weighted by atomic mass is 10.0. The molecule has 0 bridgehead atoms. The van der Waals surface area contributed by atoms with Crippen LogP contribution >= 0.6 is 11.6 Å². The van der Waals surface area contributed by atoms with Crippen molar-refractivity contribution in [3.05, 3.63) is 75.6 Å². The number of halogens is 1. The third-order valence-corrected chi connectivity index (χ3v) is 4.09. The lowest BCUT2D eigenvalue weighted by Crippen LogP contribution is -2.13. The second kappa shape index (κ2) is 7.15. The van der Waals surface area contributed by atoms with E-state index in [1.165, 1.54) is 4.68 Å². The first kappa shape index (κ1) is 17.3. The number of hydrogen-bond acceptors (Lipinski definition) is 4. The lowest BCUT2D eigenvalue weighted by Gasteiger charge is -2.11. The van der Waals surface area contributed by atoms with E-state index in [-0.39, 0.29) is 12.0 Å².